The molecule has 0 spiro atoms. The summed E-state index contributed by atoms with van der Waals surface area (Å²) in [6.45, 7) is 5.92. The fourth-order valence-corrected chi connectivity index (χ4v) is 2.13. The van der Waals surface area contributed by atoms with E-state index in [2.05, 4.69) is 27.5 Å². The van der Waals surface area contributed by atoms with Crippen molar-refractivity contribution in [2.45, 2.75) is 26.3 Å². The molecule has 5 heteroatoms. The Balaban J connectivity index is 2.07. The Bertz CT molecular complexity index is 377. The Kier molecular flexibility index (Phi) is 3.78. The summed E-state index contributed by atoms with van der Waals surface area (Å²) in [7, 11) is 1.87. The van der Waals surface area contributed by atoms with Crippen molar-refractivity contribution >= 4 is 11.6 Å². The molecule has 1 saturated heterocycles. The van der Waals surface area contributed by atoms with E-state index in [0.717, 1.165) is 36.8 Å². The van der Waals surface area contributed by atoms with Gasteiger partial charge >= 0.3 is 0 Å². The van der Waals surface area contributed by atoms with Gasteiger partial charge < -0.3 is 15.4 Å². The van der Waals surface area contributed by atoms with Crippen molar-refractivity contribution in [1.29, 1.82) is 0 Å². The normalized spacial score (nSPS) is 21.2. The summed E-state index contributed by atoms with van der Waals surface area (Å²) < 4.78 is 5.41. The molecule has 1 aliphatic rings. The number of anilines is 2. The van der Waals surface area contributed by atoms with E-state index >= 15 is 0 Å². The Hall–Kier alpha value is -1.36. The van der Waals surface area contributed by atoms with Gasteiger partial charge in [-0.05, 0) is 20.3 Å². The van der Waals surface area contributed by atoms with Gasteiger partial charge in [-0.15, -0.1) is 0 Å². The van der Waals surface area contributed by atoms with Gasteiger partial charge in [0.2, 0.25) is 0 Å². The van der Waals surface area contributed by atoms with Crippen LogP contribution in [0.25, 0.3) is 0 Å². The van der Waals surface area contributed by atoms with Crippen LogP contribution in [-0.4, -0.2) is 36.3 Å². The highest BCUT2D eigenvalue weighted by Crippen LogP contribution is 2.23. The van der Waals surface area contributed by atoms with Crippen molar-refractivity contribution in [2.75, 3.05) is 30.9 Å². The van der Waals surface area contributed by atoms with E-state index in [9.17, 15) is 0 Å². The number of ether oxygens (including phenoxy) is 1. The maximum Gasteiger partial charge on any atom is 0.134 e. The molecular formula is C12H20N4O. The molecule has 2 heterocycles. The highest BCUT2D eigenvalue weighted by atomic mass is 16.5. The van der Waals surface area contributed by atoms with E-state index < -0.39 is 0 Å². The number of nitrogens with one attached hydrogen (secondary N) is 2. The quantitative estimate of drug-likeness (QED) is 0.832. The molecule has 0 aromatic carbocycles. The van der Waals surface area contributed by atoms with Crippen LogP contribution in [0, 0.1) is 12.8 Å². The van der Waals surface area contributed by atoms with Gasteiger partial charge in [-0.2, -0.15) is 0 Å². The van der Waals surface area contributed by atoms with E-state index in [1.807, 2.05) is 14.0 Å². The standard InChI is InChI=1S/C12H20N4O/c1-8-11(13-3)14-7-15-12(8)16-9(2)10-4-5-17-6-10/h7,9-10H,4-6H2,1-3H3,(H2,13,14,15,16). The summed E-state index contributed by atoms with van der Waals surface area (Å²) >= 11 is 0. The zero-order chi connectivity index (χ0) is 12.3. The summed E-state index contributed by atoms with van der Waals surface area (Å²) in [5.74, 6) is 2.35. The molecule has 0 radical (unpaired) electrons. The van der Waals surface area contributed by atoms with Crippen molar-refractivity contribution in [3.05, 3.63) is 11.9 Å². The van der Waals surface area contributed by atoms with Crippen LogP contribution < -0.4 is 10.6 Å². The monoisotopic (exact) mass is 236 g/mol. The van der Waals surface area contributed by atoms with E-state index in [1.54, 1.807) is 6.33 Å². The lowest BCUT2D eigenvalue weighted by Crippen LogP contribution is -2.27. The molecule has 17 heavy (non-hydrogen) atoms. The maximum absolute atomic E-state index is 5.41. The van der Waals surface area contributed by atoms with E-state index in [4.69, 9.17) is 4.74 Å². The molecule has 2 atom stereocenters. The molecule has 1 fully saturated rings. The van der Waals surface area contributed by atoms with E-state index in [1.165, 1.54) is 0 Å². The van der Waals surface area contributed by atoms with E-state index in [-0.39, 0.29) is 0 Å². The summed E-state index contributed by atoms with van der Waals surface area (Å²) in [6.07, 6.45) is 2.70. The molecule has 2 N–H and O–H groups in total. The molecule has 1 aliphatic heterocycles. The van der Waals surface area contributed by atoms with Crippen molar-refractivity contribution in [1.82, 2.24) is 9.97 Å². The van der Waals surface area contributed by atoms with Crippen molar-refractivity contribution < 1.29 is 4.74 Å². The largest absolute Gasteiger partial charge is 0.381 e. The van der Waals surface area contributed by atoms with Crippen molar-refractivity contribution in [3.63, 3.8) is 0 Å². The first kappa shape index (κ1) is 12.1. The Morgan fingerprint density at radius 1 is 1.41 bits per heavy atom. The zero-order valence-electron chi connectivity index (χ0n) is 10.7. The lowest BCUT2D eigenvalue weighted by atomic mass is 10.0. The minimum Gasteiger partial charge on any atom is -0.381 e. The molecule has 0 saturated carbocycles. The molecule has 94 valence electrons. The fourth-order valence-electron chi connectivity index (χ4n) is 2.13. The number of rotatable bonds is 4. The van der Waals surface area contributed by atoms with Crippen LogP contribution in [0.3, 0.4) is 0 Å². The molecular weight excluding hydrogens is 216 g/mol. The van der Waals surface area contributed by atoms with Gasteiger partial charge in [-0.1, -0.05) is 0 Å². The Morgan fingerprint density at radius 3 is 2.82 bits per heavy atom. The minimum atomic E-state index is 0.371. The summed E-state index contributed by atoms with van der Waals surface area (Å²) in [5.41, 5.74) is 1.06. The number of hydrogen-bond donors (Lipinski definition) is 2. The molecule has 5 nitrogen and oxygen atoms in total. The predicted molar refractivity (Wildman–Crippen MR) is 68.3 cm³/mol. The molecule has 2 rings (SSSR count). The fraction of sp³-hybridized carbons (Fsp3) is 0.667. The van der Waals surface area contributed by atoms with Gasteiger partial charge in [0.15, 0.2) is 0 Å². The van der Waals surface area contributed by atoms with Gasteiger partial charge in [0.1, 0.15) is 18.0 Å². The molecule has 1 aromatic heterocycles. The maximum atomic E-state index is 5.41. The second-order valence-corrected chi connectivity index (χ2v) is 4.50. The van der Waals surface area contributed by atoms with Crippen LogP contribution in [-0.2, 0) is 4.74 Å². The minimum absolute atomic E-state index is 0.371. The summed E-state index contributed by atoms with van der Waals surface area (Å²) in [6, 6.07) is 0.371. The molecule has 1 aromatic rings. The molecule has 0 amide bonds. The average molecular weight is 236 g/mol. The van der Waals surface area contributed by atoms with Crippen LogP contribution in [0.15, 0.2) is 6.33 Å². The number of nitrogens with zero attached hydrogens (tertiary/aromatic N) is 2. The van der Waals surface area contributed by atoms with Crippen LogP contribution in [0.2, 0.25) is 0 Å². The molecule has 2 unspecified atom stereocenters. The van der Waals surface area contributed by atoms with Gasteiger partial charge in [0, 0.05) is 31.2 Å². The average Bonchev–Trinajstić information content (AvgIpc) is 2.85. The van der Waals surface area contributed by atoms with Gasteiger partial charge in [-0.3, -0.25) is 0 Å². The van der Waals surface area contributed by atoms with Crippen LogP contribution in [0.4, 0.5) is 11.6 Å². The summed E-state index contributed by atoms with van der Waals surface area (Å²) in [5, 5.41) is 6.52. The van der Waals surface area contributed by atoms with Gasteiger partial charge in [-0.25, -0.2) is 9.97 Å². The third kappa shape index (κ3) is 2.66. The Morgan fingerprint density at radius 2 is 2.18 bits per heavy atom. The first-order valence-electron chi connectivity index (χ1n) is 6.06. The topological polar surface area (TPSA) is 59.1 Å². The summed E-state index contributed by atoms with van der Waals surface area (Å²) in [4.78, 5) is 8.47. The lowest BCUT2D eigenvalue weighted by molar-refractivity contribution is 0.183. The van der Waals surface area contributed by atoms with Gasteiger partial charge in [0.25, 0.3) is 0 Å². The third-order valence-corrected chi connectivity index (χ3v) is 3.36. The molecule has 0 aliphatic carbocycles. The van der Waals surface area contributed by atoms with Crippen LogP contribution >= 0.6 is 0 Å². The molecule has 0 bridgehead atoms. The van der Waals surface area contributed by atoms with Crippen molar-refractivity contribution in [3.8, 4) is 0 Å². The van der Waals surface area contributed by atoms with E-state index in [0.29, 0.717) is 12.0 Å². The van der Waals surface area contributed by atoms with Gasteiger partial charge in [0.05, 0.1) is 6.61 Å². The second kappa shape index (κ2) is 5.31. The first-order valence-corrected chi connectivity index (χ1v) is 6.06. The zero-order valence-corrected chi connectivity index (χ0v) is 10.7. The van der Waals surface area contributed by atoms with Crippen LogP contribution in [0.1, 0.15) is 18.9 Å². The predicted octanol–water partition coefficient (Wildman–Crippen LogP) is 1.66. The number of hydrogen-bond acceptors (Lipinski definition) is 5. The van der Waals surface area contributed by atoms with Crippen LogP contribution in [0.5, 0.6) is 0 Å². The SMILES string of the molecule is CNc1ncnc(NC(C)C2CCOC2)c1C. The second-order valence-electron chi connectivity index (χ2n) is 4.50. The highest BCUT2D eigenvalue weighted by molar-refractivity contribution is 5.56. The highest BCUT2D eigenvalue weighted by Gasteiger charge is 2.23. The third-order valence-electron chi connectivity index (χ3n) is 3.36. The number of aromatic nitrogens is 2. The smallest absolute Gasteiger partial charge is 0.134 e. The first-order chi connectivity index (χ1) is 8.22. The Labute approximate surface area is 102 Å². The van der Waals surface area contributed by atoms with Crippen molar-refractivity contribution in [2.24, 2.45) is 5.92 Å². The lowest BCUT2D eigenvalue weighted by Gasteiger charge is -2.21.